The largest absolute Gasteiger partial charge is 0.395 e. The molecule has 3 aromatic heterocycles. The van der Waals surface area contributed by atoms with Crippen molar-refractivity contribution in [3.8, 4) is 0 Å². The molecule has 0 aliphatic rings. The number of aliphatic hydroxyl groups excluding tert-OH is 1. The average molecular weight is 304 g/mol. The summed E-state index contributed by atoms with van der Waals surface area (Å²) in [6.45, 7) is 1.14. The van der Waals surface area contributed by atoms with Crippen LogP contribution in [0.15, 0.2) is 36.8 Å². The number of hydrogen-bond donors (Lipinski definition) is 2. The zero-order valence-corrected chi connectivity index (χ0v) is 12.0. The van der Waals surface area contributed by atoms with Gasteiger partial charge in [0.25, 0.3) is 0 Å². The van der Waals surface area contributed by atoms with E-state index in [0.717, 1.165) is 10.9 Å². The summed E-state index contributed by atoms with van der Waals surface area (Å²) in [6.07, 6.45) is 5.36. The smallest absolute Gasteiger partial charge is 0.226 e. The molecule has 0 radical (unpaired) electrons. The molecule has 3 aromatic rings. The van der Waals surface area contributed by atoms with Gasteiger partial charge < -0.3 is 15.0 Å². The fraction of sp³-hybridized carbons (Fsp3) is 0.214. The summed E-state index contributed by atoms with van der Waals surface area (Å²) < 4.78 is 1.85. The first-order valence-corrected chi connectivity index (χ1v) is 6.92. The number of nitrogens with zero attached hydrogens (tertiary/aromatic N) is 4. The second-order valence-corrected chi connectivity index (χ2v) is 4.86. The molecule has 6 nitrogen and oxygen atoms in total. The third-order valence-electron chi connectivity index (χ3n) is 3.14. The van der Waals surface area contributed by atoms with E-state index in [4.69, 9.17) is 16.7 Å². The molecule has 2 N–H and O–H groups in total. The van der Waals surface area contributed by atoms with Crippen molar-refractivity contribution in [3.05, 3.63) is 47.6 Å². The second-order valence-electron chi connectivity index (χ2n) is 4.52. The van der Waals surface area contributed by atoms with Crippen molar-refractivity contribution in [2.45, 2.75) is 13.1 Å². The van der Waals surface area contributed by atoms with Crippen LogP contribution in [0.2, 0.25) is 5.28 Å². The highest BCUT2D eigenvalue weighted by atomic mass is 35.5. The third kappa shape index (κ3) is 2.96. The summed E-state index contributed by atoms with van der Waals surface area (Å²) in [7, 11) is 0. The van der Waals surface area contributed by atoms with Gasteiger partial charge in [-0.2, -0.15) is 4.98 Å². The Balaban J connectivity index is 1.91. The lowest BCUT2D eigenvalue weighted by atomic mass is 10.2. The molecule has 0 saturated heterocycles. The zero-order chi connectivity index (χ0) is 14.7. The van der Waals surface area contributed by atoms with Crippen LogP contribution in [0.5, 0.6) is 0 Å². The molecule has 0 aliphatic heterocycles. The summed E-state index contributed by atoms with van der Waals surface area (Å²) >= 11 is 5.99. The fourth-order valence-corrected chi connectivity index (χ4v) is 2.31. The van der Waals surface area contributed by atoms with E-state index in [1.807, 2.05) is 29.0 Å². The van der Waals surface area contributed by atoms with Gasteiger partial charge in [-0.1, -0.05) is 0 Å². The average Bonchev–Trinajstić information content (AvgIpc) is 2.89. The molecule has 21 heavy (non-hydrogen) atoms. The van der Waals surface area contributed by atoms with Gasteiger partial charge in [0.15, 0.2) is 0 Å². The first kappa shape index (κ1) is 13.8. The number of halogens is 1. The summed E-state index contributed by atoms with van der Waals surface area (Å²) in [6, 6.07) is 5.78. The van der Waals surface area contributed by atoms with Gasteiger partial charge in [0.05, 0.1) is 12.0 Å². The van der Waals surface area contributed by atoms with E-state index >= 15 is 0 Å². The first-order valence-electron chi connectivity index (χ1n) is 6.54. The van der Waals surface area contributed by atoms with Gasteiger partial charge in [-0.05, 0) is 35.4 Å². The third-order valence-corrected chi connectivity index (χ3v) is 3.31. The number of aliphatic hydroxyl groups is 1. The minimum atomic E-state index is 0.0468. The Bertz CT molecular complexity index is 744. The highest BCUT2D eigenvalue weighted by Gasteiger charge is 2.10. The molecule has 7 heteroatoms. The predicted molar refractivity (Wildman–Crippen MR) is 81.2 cm³/mol. The van der Waals surface area contributed by atoms with Crippen molar-refractivity contribution in [1.82, 2.24) is 19.5 Å². The van der Waals surface area contributed by atoms with E-state index in [1.165, 1.54) is 0 Å². The maximum atomic E-state index is 9.07. The van der Waals surface area contributed by atoms with Crippen molar-refractivity contribution < 1.29 is 5.11 Å². The summed E-state index contributed by atoms with van der Waals surface area (Å²) in [4.78, 5) is 12.5. The number of rotatable bonds is 5. The molecule has 0 spiro atoms. The van der Waals surface area contributed by atoms with E-state index in [0.29, 0.717) is 24.6 Å². The van der Waals surface area contributed by atoms with E-state index in [9.17, 15) is 0 Å². The van der Waals surface area contributed by atoms with Gasteiger partial charge in [0.1, 0.15) is 11.5 Å². The van der Waals surface area contributed by atoms with Crippen LogP contribution >= 0.6 is 11.6 Å². The number of hydrogen-bond acceptors (Lipinski definition) is 5. The van der Waals surface area contributed by atoms with E-state index in [-0.39, 0.29) is 11.9 Å². The fourth-order valence-electron chi connectivity index (χ4n) is 2.15. The van der Waals surface area contributed by atoms with E-state index in [1.54, 1.807) is 12.4 Å². The van der Waals surface area contributed by atoms with Crippen LogP contribution in [0, 0.1) is 0 Å². The zero-order valence-electron chi connectivity index (χ0n) is 11.2. The highest BCUT2D eigenvalue weighted by molar-refractivity contribution is 6.28. The van der Waals surface area contributed by atoms with Crippen molar-refractivity contribution in [1.29, 1.82) is 0 Å². The lowest BCUT2D eigenvalue weighted by molar-refractivity contribution is 0.278. The molecule has 0 amide bonds. The Morgan fingerprint density at radius 1 is 1.19 bits per heavy atom. The van der Waals surface area contributed by atoms with E-state index in [2.05, 4.69) is 20.3 Å². The quantitative estimate of drug-likeness (QED) is 0.706. The highest BCUT2D eigenvalue weighted by Crippen LogP contribution is 2.23. The van der Waals surface area contributed by atoms with Crippen LogP contribution in [0.4, 0.5) is 5.82 Å². The van der Waals surface area contributed by atoms with E-state index < -0.39 is 0 Å². The summed E-state index contributed by atoms with van der Waals surface area (Å²) in [5.74, 6) is 0.679. The molecule has 0 aliphatic carbocycles. The number of nitrogens with one attached hydrogen (secondary N) is 1. The predicted octanol–water partition coefficient (Wildman–Crippen LogP) is 2.08. The Kier molecular flexibility index (Phi) is 3.98. The topological polar surface area (TPSA) is 75.9 Å². The van der Waals surface area contributed by atoms with Crippen molar-refractivity contribution >= 4 is 28.5 Å². The number of anilines is 1. The Morgan fingerprint density at radius 3 is 2.76 bits per heavy atom. The van der Waals surface area contributed by atoms with Gasteiger partial charge in [0, 0.05) is 31.7 Å². The molecule has 0 unspecified atom stereocenters. The SMILES string of the molecule is OCCn1ccc2c(NCc3ccncc3)nc(Cl)nc21. The van der Waals surface area contributed by atoms with Gasteiger partial charge >= 0.3 is 0 Å². The number of aromatic nitrogens is 4. The van der Waals surface area contributed by atoms with Gasteiger partial charge in [-0.3, -0.25) is 4.98 Å². The van der Waals surface area contributed by atoms with Crippen LogP contribution in [-0.2, 0) is 13.1 Å². The number of pyridine rings is 1. The molecule has 0 atom stereocenters. The van der Waals surface area contributed by atoms with Crippen LogP contribution in [0.3, 0.4) is 0 Å². The Hall–Kier alpha value is -2.18. The van der Waals surface area contributed by atoms with Crippen LogP contribution < -0.4 is 5.32 Å². The molecule has 0 saturated carbocycles. The molecule has 0 aromatic carbocycles. The molecule has 108 valence electrons. The lowest BCUT2D eigenvalue weighted by Gasteiger charge is -2.08. The van der Waals surface area contributed by atoms with Crippen molar-refractivity contribution in [3.63, 3.8) is 0 Å². The maximum Gasteiger partial charge on any atom is 0.226 e. The normalized spacial score (nSPS) is 11.0. The monoisotopic (exact) mass is 303 g/mol. The first-order chi connectivity index (χ1) is 10.3. The lowest BCUT2D eigenvalue weighted by Crippen LogP contribution is -2.05. The minimum Gasteiger partial charge on any atom is -0.395 e. The van der Waals surface area contributed by atoms with Gasteiger partial charge in [-0.15, -0.1) is 0 Å². The standard InChI is InChI=1S/C14H14ClN5O/c15-14-18-12(17-9-10-1-4-16-5-2-10)11-3-6-20(7-8-21)13(11)19-14/h1-6,21H,7-9H2,(H,17,18,19). The maximum absolute atomic E-state index is 9.07. The van der Waals surface area contributed by atoms with Crippen molar-refractivity contribution in [2.75, 3.05) is 11.9 Å². The molecular formula is C14H14ClN5O. The molecule has 3 rings (SSSR count). The molecular weight excluding hydrogens is 290 g/mol. The van der Waals surface area contributed by atoms with Gasteiger partial charge in [0.2, 0.25) is 5.28 Å². The molecule has 3 heterocycles. The second kappa shape index (κ2) is 6.07. The van der Waals surface area contributed by atoms with Crippen LogP contribution in [0.25, 0.3) is 11.0 Å². The van der Waals surface area contributed by atoms with Crippen molar-refractivity contribution in [2.24, 2.45) is 0 Å². The number of fused-ring (bicyclic) bond motifs is 1. The molecule has 0 fully saturated rings. The Labute approximate surface area is 126 Å². The minimum absolute atomic E-state index is 0.0468. The Morgan fingerprint density at radius 2 is 2.00 bits per heavy atom. The van der Waals surface area contributed by atoms with Gasteiger partial charge in [-0.25, -0.2) is 4.98 Å². The summed E-state index contributed by atoms with van der Waals surface area (Å²) in [5, 5.41) is 13.4. The molecule has 0 bridgehead atoms. The van der Waals surface area contributed by atoms with Crippen LogP contribution in [-0.4, -0.2) is 31.2 Å². The van der Waals surface area contributed by atoms with Crippen LogP contribution in [0.1, 0.15) is 5.56 Å². The summed E-state index contributed by atoms with van der Waals surface area (Å²) in [5.41, 5.74) is 1.81.